The van der Waals surface area contributed by atoms with E-state index in [9.17, 15) is 5.26 Å². The Hall–Kier alpha value is -7.86. The molecule has 3 heterocycles. The highest BCUT2D eigenvalue weighted by Gasteiger charge is 2.22. The summed E-state index contributed by atoms with van der Waals surface area (Å²) in [5.74, 6) is 0. The highest BCUT2D eigenvalue weighted by Crippen LogP contribution is 2.42. The van der Waals surface area contributed by atoms with Crippen molar-refractivity contribution in [3.63, 3.8) is 0 Å². The number of hydrogen-bond donors (Lipinski definition) is 0. The lowest BCUT2D eigenvalue weighted by Crippen LogP contribution is -2.00. The number of hydrogen-bond acceptors (Lipinski definition) is 1. The average Bonchev–Trinajstić information content (AvgIpc) is 3.89. The number of fused-ring (bicyclic) bond motifs is 9. The van der Waals surface area contributed by atoms with Crippen LogP contribution in [-0.4, -0.2) is 13.7 Å². The van der Waals surface area contributed by atoms with Crippen LogP contribution in [0.2, 0.25) is 0 Å². The Labute approximate surface area is 316 Å². The minimum Gasteiger partial charge on any atom is -0.310 e. The minimum atomic E-state index is 0.578. The summed E-state index contributed by atoms with van der Waals surface area (Å²) in [4.78, 5) is 3.75. The summed E-state index contributed by atoms with van der Waals surface area (Å²) in [5.41, 5.74) is 12.4. The standard InChI is InChI=1S/C50H29N5/c1-52-34-26-27-39-38-16-5-10-21-45(38)55(49(39)30-34)42-18-7-2-13-35(42)32-25-28-41(33(29-32)31-51)53-46-22-11-6-17-40(46)50-47(53)23-12-24-48(50)54-43-19-8-3-14-36(43)37-15-4-9-20-44(37)54/h2-30H. The van der Waals surface area contributed by atoms with Gasteiger partial charge in [-0.25, -0.2) is 4.85 Å². The molecule has 5 heteroatoms. The molecule has 0 spiro atoms. The molecule has 11 rings (SSSR count). The van der Waals surface area contributed by atoms with Crippen molar-refractivity contribution in [1.82, 2.24) is 13.7 Å². The van der Waals surface area contributed by atoms with E-state index in [1.807, 2.05) is 36.4 Å². The van der Waals surface area contributed by atoms with Crippen LogP contribution in [-0.2, 0) is 0 Å². The van der Waals surface area contributed by atoms with Gasteiger partial charge in [0.2, 0.25) is 0 Å². The van der Waals surface area contributed by atoms with Gasteiger partial charge in [-0.3, -0.25) is 0 Å². The van der Waals surface area contributed by atoms with E-state index in [1.165, 1.54) is 10.8 Å². The third kappa shape index (κ3) is 4.39. The highest BCUT2D eigenvalue weighted by molar-refractivity contribution is 6.16. The number of para-hydroxylation sites is 5. The molecular weight excluding hydrogens is 671 g/mol. The molecule has 8 aromatic carbocycles. The molecule has 5 nitrogen and oxygen atoms in total. The van der Waals surface area contributed by atoms with Gasteiger partial charge < -0.3 is 13.7 Å². The third-order valence-electron chi connectivity index (χ3n) is 11.1. The van der Waals surface area contributed by atoms with Crippen LogP contribution >= 0.6 is 0 Å². The molecule has 0 amide bonds. The zero-order valence-corrected chi connectivity index (χ0v) is 29.5. The Morgan fingerprint density at radius 3 is 1.58 bits per heavy atom. The number of aromatic nitrogens is 3. The van der Waals surface area contributed by atoms with Gasteiger partial charge in [-0.1, -0.05) is 115 Å². The Bertz CT molecular complexity index is 3420. The van der Waals surface area contributed by atoms with Crippen LogP contribution in [0.3, 0.4) is 0 Å². The van der Waals surface area contributed by atoms with Gasteiger partial charge in [0.1, 0.15) is 6.07 Å². The van der Waals surface area contributed by atoms with Crippen LogP contribution in [0.5, 0.6) is 0 Å². The van der Waals surface area contributed by atoms with Gasteiger partial charge in [0.05, 0.1) is 56.8 Å². The molecule has 254 valence electrons. The molecular formula is C50H29N5. The molecule has 0 fully saturated rings. The number of nitriles is 1. The largest absolute Gasteiger partial charge is 0.310 e. The lowest BCUT2D eigenvalue weighted by Gasteiger charge is -2.16. The smallest absolute Gasteiger partial charge is 0.189 e. The fraction of sp³-hybridized carbons (Fsp3) is 0. The van der Waals surface area contributed by atoms with Gasteiger partial charge in [-0.2, -0.15) is 5.26 Å². The first-order chi connectivity index (χ1) is 27.2. The lowest BCUT2D eigenvalue weighted by molar-refractivity contribution is 1.16. The van der Waals surface area contributed by atoms with Crippen LogP contribution < -0.4 is 0 Å². The van der Waals surface area contributed by atoms with Crippen LogP contribution in [0, 0.1) is 17.9 Å². The second kappa shape index (κ2) is 11.8. The summed E-state index contributed by atoms with van der Waals surface area (Å²) in [6, 6.07) is 63.6. The van der Waals surface area contributed by atoms with E-state index in [2.05, 4.69) is 164 Å². The molecule has 0 bridgehead atoms. The van der Waals surface area contributed by atoms with Gasteiger partial charge in [0.25, 0.3) is 0 Å². The fourth-order valence-electron chi connectivity index (χ4n) is 8.82. The molecule has 0 aliphatic heterocycles. The number of rotatable bonds is 4. The van der Waals surface area contributed by atoms with Crippen LogP contribution in [0.4, 0.5) is 5.69 Å². The van der Waals surface area contributed by atoms with Crippen molar-refractivity contribution in [3.8, 4) is 34.3 Å². The summed E-state index contributed by atoms with van der Waals surface area (Å²) in [6.45, 7) is 7.72. The average molecular weight is 700 g/mol. The van der Waals surface area contributed by atoms with Gasteiger partial charge in [-0.05, 0) is 66.2 Å². The van der Waals surface area contributed by atoms with Crippen LogP contribution in [0.1, 0.15) is 5.56 Å². The Kier molecular flexibility index (Phi) is 6.61. The zero-order valence-electron chi connectivity index (χ0n) is 29.5. The zero-order chi connectivity index (χ0) is 36.6. The molecule has 0 aliphatic rings. The highest BCUT2D eigenvalue weighted by atomic mass is 15.0. The van der Waals surface area contributed by atoms with Gasteiger partial charge in [-0.15, -0.1) is 0 Å². The first-order valence-electron chi connectivity index (χ1n) is 18.3. The Morgan fingerprint density at radius 1 is 0.418 bits per heavy atom. The van der Waals surface area contributed by atoms with Gasteiger partial charge >= 0.3 is 0 Å². The van der Waals surface area contributed by atoms with Crippen LogP contribution in [0.25, 0.3) is 98.5 Å². The SMILES string of the molecule is [C-]#[N+]c1ccc2c3ccccc3n(-c3ccccc3-c3ccc(-n4c5ccccc5c5c(-n6c7ccccc7c7ccccc76)cccc54)c(C#N)c3)c2c1. The van der Waals surface area contributed by atoms with Crippen molar-refractivity contribution in [2.45, 2.75) is 0 Å². The molecule has 11 aromatic rings. The molecule has 55 heavy (non-hydrogen) atoms. The van der Waals surface area contributed by atoms with E-state index in [0.717, 1.165) is 82.8 Å². The Balaban J connectivity index is 1.14. The predicted octanol–water partition coefficient (Wildman–Crippen LogP) is 13.1. The lowest BCUT2D eigenvalue weighted by atomic mass is 10.00. The maximum absolute atomic E-state index is 10.9. The minimum absolute atomic E-state index is 0.578. The molecule has 0 aliphatic carbocycles. The number of benzene rings is 8. The molecule has 0 atom stereocenters. The van der Waals surface area contributed by atoms with E-state index in [-0.39, 0.29) is 0 Å². The van der Waals surface area contributed by atoms with E-state index in [1.54, 1.807) is 0 Å². The molecule has 0 radical (unpaired) electrons. The molecule has 0 unspecified atom stereocenters. The number of nitrogens with zero attached hydrogens (tertiary/aromatic N) is 5. The molecule has 0 saturated heterocycles. The second-order valence-corrected chi connectivity index (χ2v) is 13.9. The molecule has 3 aromatic heterocycles. The molecule has 0 N–H and O–H groups in total. The first-order valence-corrected chi connectivity index (χ1v) is 18.3. The second-order valence-electron chi connectivity index (χ2n) is 13.9. The quantitative estimate of drug-likeness (QED) is 0.169. The van der Waals surface area contributed by atoms with Crippen molar-refractivity contribution in [3.05, 3.63) is 193 Å². The summed E-state index contributed by atoms with van der Waals surface area (Å²) in [7, 11) is 0. The maximum atomic E-state index is 10.9. The van der Waals surface area contributed by atoms with E-state index in [4.69, 9.17) is 6.57 Å². The summed E-state index contributed by atoms with van der Waals surface area (Å²) in [6.07, 6.45) is 0. The van der Waals surface area contributed by atoms with Crippen molar-refractivity contribution in [2.24, 2.45) is 0 Å². The normalized spacial score (nSPS) is 11.6. The van der Waals surface area contributed by atoms with E-state index in [0.29, 0.717) is 11.3 Å². The summed E-state index contributed by atoms with van der Waals surface area (Å²) < 4.78 is 6.87. The van der Waals surface area contributed by atoms with Crippen molar-refractivity contribution in [2.75, 3.05) is 0 Å². The van der Waals surface area contributed by atoms with E-state index < -0.39 is 0 Å². The summed E-state index contributed by atoms with van der Waals surface area (Å²) >= 11 is 0. The fourth-order valence-corrected chi connectivity index (χ4v) is 8.82. The molecule has 0 saturated carbocycles. The van der Waals surface area contributed by atoms with Crippen LogP contribution in [0.15, 0.2) is 176 Å². The van der Waals surface area contributed by atoms with Gasteiger partial charge in [0.15, 0.2) is 5.69 Å². The summed E-state index contributed by atoms with van der Waals surface area (Å²) in [5, 5.41) is 17.8. The predicted molar refractivity (Wildman–Crippen MR) is 226 cm³/mol. The van der Waals surface area contributed by atoms with Crippen molar-refractivity contribution >= 4 is 71.1 Å². The monoisotopic (exact) mass is 699 g/mol. The van der Waals surface area contributed by atoms with Crippen molar-refractivity contribution in [1.29, 1.82) is 5.26 Å². The topological polar surface area (TPSA) is 42.9 Å². The van der Waals surface area contributed by atoms with Crippen molar-refractivity contribution < 1.29 is 0 Å². The first kappa shape index (κ1) is 30.7. The van der Waals surface area contributed by atoms with Gasteiger partial charge in [0, 0.05) is 43.4 Å². The Morgan fingerprint density at radius 2 is 0.927 bits per heavy atom. The van der Waals surface area contributed by atoms with E-state index >= 15 is 0 Å². The maximum Gasteiger partial charge on any atom is 0.189 e. The third-order valence-corrected chi connectivity index (χ3v) is 11.1.